The Labute approximate surface area is 177 Å². The normalized spacial score (nSPS) is 11.9. The van der Waals surface area contributed by atoms with Gasteiger partial charge in [0.25, 0.3) is 0 Å². The summed E-state index contributed by atoms with van der Waals surface area (Å²) >= 11 is 4.08. The third kappa shape index (κ3) is 4.14. The van der Waals surface area contributed by atoms with E-state index in [1.807, 2.05) is 22.7 Å². The molecule has 0 N–H and O–H groups in total. The van der Waals surface area contributed by atoms with E-state index in [0.717, 1.165) is 0 Å². The Morgan fingerprint density at radius 1 is 0.571 bits per heavy atom. The Balaban J connectivity index is 1.72. The fraction of sp³-hybridized carbons (Fsp3) is 0.462. The standard InChI is InChI=1S/C26H32S2/c1-3-5-7-9-13-19-17-23-24-18-20(14-10-8-6-4-2)28-26(24)22-16-12-11-15-21(22)25(23)27-19/h11-12,15-18H,3-10,13-14H2,1-2H3. The van der Waals surface area contributed by atoms with Crippen LogP contribution >= 0.6 is 22.7 Å². The zero-order valence-corrected chi connectivity index (χ0v) is 19.0. The van der Waals surface area contributed by atoms with Crippen molar-refractivity contribution in [1.29, 1.82) is 0 Å². The molecule has 0 radical (unpaired) electrons. The number of thiophene rings is 2. The first-order chi connectivity index (χ1) is 13.8. The van der Waals surface area contributed by atoms with Crippen molar-refractivity contribution in [3.05, 3.63) is 46.2 Å². The Hall–Kier alpha value is -1.38. The lowest BCUT2D eigenvalue weighted by molar-refractivity contribution is 0.670. The van der Waals surface area contributed by atoms with E-state index in [2.05, 4.69) is 50.2 Å². The number of rotatable bonds is 10. The Morgan fingerprint density at radius 3 is 1.46 bits per heavy atom. The van der Waals surface area contributed by atoms with E-state index in [0.29, 0.717) is 0 Å². The molecule has 0 unspecified atom stereocenters. The molecule has 0 spiro atoms. The van der Waals surface area contributed by atoms with Crippen molar-refractivity contribution < 1.29 is 0 Å². The van der Waals surface area contributed by atoms with Gasteiger partial charge in [-0.05, 0) is 37.8 Å². The minimum Gasteiger partial charge on any atom is -0.140 e. The van der Waals surface area contributed by atoms with Crippen molar-refractivity contribution in [3.8, 4) is 0 Å². The summed E-state index contributed by atoms with van der Waals surface area (Å²) in [7, 11) is 0. The first kappa shape index (κ1) is 19.9. The lowest BCUT2D eigenvalue weighted by Crippen LogP contribution is -1.80. The van der Waals surface area contributed by atoms with Crippen molar-refractivity contribution in [2.75, 3.05) is 0 Å². The molecule has 148 valence electrons. The van der Waals surface area contributed by atoms with Crippen molar-refractivity contribution in [3.63, 3.8) is 0 Å². The van der Waals surface area contributed by atoms with Crippen molar-refractivity contribution >= 4 is 53.6 Å². The van der Waals surface area contributed by atoms with E-state index >= 15 is 0 Å². The first-order valence-corrected chi connectivity index (χ1v) is 12.8. The lowest BCUT2D eigenvalue weighted by Gasteiger charge is -2.02. The minimum atomic E-state index is 1.24. The van der Waals surface area contributed by atoms with Crippen molar-refractivity contribution in [2.45, 2.75) is 78.1 Å². The highest BCUT2D eigenvalue weighted by atomic mass is 32.1. The van der Waals surface area contributed by atoms with Crippen LogP contribution in [0, 0.1) is 0 Å². The monoisotopic (exact) mass is 408 g/mol. The predicted octanol–water partition coefficient (Wildman–Crippen LogP) is 9.51. The molecule has 0 nitrogen and oxygen atoms in total. The van der Waals surface area contributed by atoms with Gasteiger partial charge in [-0.2, -0.15) is 0 Å². The summed E-state index contributed by atoms with van der Waals surface area (Å²) in [4.78, 5) is 3.14. The first-order valence-electron chi connectivity index (χ1n) is 11.2. The van der Waals surface area contributed by atoms with Crippen molar-refractivity contribution in [1.82, 2.24) is 0 Å². The Morgan fingerprint density at radius 2 is 1.04 bits per heavy atom. The summed E-state index contributed by atoms with van der Waals surface area (Å²) in [5.74, 6) is 0. The molecule has 2 aromatic carbocycles. The number of aryl methyl sites for hydroxylation is 2. The molecule has 2 heterocycles. The Bertz CT molecular complexity index is 966. The summed E-state index contributed by atoms with van der Waals surface area (Å²) in [6, 6.07) is 14.1. The predicted molar refractivity (Wildman–Crippen MR) is 130 cm³/mol. The molecule has 0 aliphatic rings. The molecule has 0 amide bonds. The van der Waals surface area contributed by atoms with Crippen LogP contribution < -0.4 is 0 Å². The van der Waals surface area contributed by atoms with E-state index in [9.17, 15) is 0 Å². The highest BCUT2D eigenvalue weighted by molar-refractivity contribution is 7.22. The van der Waals surface area contributed by atoms with Gasteiger partial charge in [-0.15, -0.1) is 22.7 Å². The van der Waals surface area contributed by atoms with Crippen LogP contribution in [0.3, 0.4) is 0 Å². The maximum absolute atomic E-state index is 2.51. The largest absolute Gasteiger partial charge is 0.140 e. The Kier molecular flexibility index (Phi) is 6.69. The van der Waals surface area contributed by atoms with Crippen LogP contribution in [0.1, 0.15) is 75.0 Å². The molecule has 28 heavy (non-hydrogen) atoms. The average Bonchev–Trinajstić information content (AvgIpc) is 3.33. The molecule has 2 heteroatoms. The average molecular weight is 409 g/mol. The van der Waals surface area contributed by atoms with Gasteiger partial charge in [0.05, 0.1) is 0 Å². The lowest BCUT2D eigenvalue weighted by atomic mass is 10.0. The summed E-state index contributed by atoms with van der Waals surface area (Å²) in [5.41, 5.74) is 0. The third-order valence-electron chi connectivity index (χ3n) is 5.83. The van der Waals surface area contributed by atoms with Crippen LogP contribution in [0.5, 0.6) is 0 Å². The maximum atomic E-state index is 2.51. The van der Waals surface area contributed by atoms with Gasteiger partial charge in [0.2, 0.25) is 0 Å². The number of hydrogen-bond donors (Lipinski definition) is 0. The number of fused-ring (bicyclic) bond motifs is 6. The van der Waals surface area contributed by atoms with Gasteiger partial charge in [0.15, 0.2) is 0 Å². The zero-order valence-electron chi connectivity index (χ0n) is 17.4. The fourth-order valence-electron chi connectivity index (χ4n) is 4.26. The van der Waals surface area contributed by atoms with Gasteiger partial charge in [-0.25, -0.2) is 0 Å². The highest BCUT2D eigenvalue weighted by Crippen LogP contribution is 2.43. The smallest absolute Gasteiger partial charge is 0.0431 e. The zero-order chi connectivity index (χ0) is 19.3. The van der Waals surface area contributed by atoms with Crippen LogP contribution in [0.15, 0.2) is 36.4 Å². The van der Waals surface area contributed by atoms with Crippen molar-refractivity contribution in [2.24, 2.45) is 0 Å². The highest BCUT2D eigenvalue weighted by Gasteiger charge is 2.14. The van der Waals surface area contributed by atoms with Crippen LogP contribution in [-0.4, -0.2) is 0 Å². The quantitative estimate of drug-likeness (QED) is 0.229. The molecular formula is C26H32S2. The van der Waals surface area contributed by atoms with Gasteiger partial charge >= 0.3 is 0 Å². The van der Waals surface area contributed by atoms with Crippen LogP contribution in [0.4, 0.5) is 0 Å². The molecule has 0 saturated heterocycles. The molecule has 0 fully saturated rings. The van der Waals surface area contributed by atoms with Crippen LogP contribution in [0.2, 0.25) is 0 Å². The van der Waals surface area contributed by atoms with Gasteiger partial charge in [-0.1, -0.05) is 76.6 Å². The fourth-order valence-corrected chi connectivity index (χ4v) is 6.77. The van der Waals surface area contributed by atoms with E-state index in [1.54, 1.807) is 9.75 Å². The SMILES string of the molecule is CCCCCCc1cc2c3cc(CCCCCC)sc3c3ccccc3c2s1. The van der Waals surface area contributed by atoms with Crippen LogP contribution in [0.25, 0.3) is 30.9 Å². The molecule has 0 atom stereocenters. The minimum absolute atomic E-state index is 1.24. The number of hydrogen-bond acceptors (Lipinski definition) is 2. The second-order valence-corrected chi connectivity index (χ2v) is 10.4. The molecule has 0 aliphatic heterocycles. The number of benzene rings is 2. The van der Waals surface area contributed by atoms with Gasteiger partial charge in [0, 0.05) is 40.7 Å². The van der Waals surface area contributed by atoms with Gasteiger partial charge < -0.3 is 0 Å². The van der Waals surface area contributed by atoms with Crippen LogP contribution in [-0.2, 0) is 12.8 Å². The second kappa shape index (κ2) is 9.41. The van der Waals surface area contributed by atoms with Gasteiger partial charge in [0.1, 0.15) is 0 Å². The molecule has 0 saturated carbocycles. The van der Waals surface area contributed by atoms with E-state index in [-0.39, 0.29) is 0 Å². The number of unbranched alkanes of at least 4 members (excludes halogenated alkanes) is 6. The molecule has 4 rings (SSSR count). The van der Waals surface area contributed by atoms with E-state index in [1.165, 1.54) is 95.2 Å². The topological polar surface area (TPSA) is 0 Å². The maximum Gasteiger partial charge on any atom is 0.0431 e. The molecule has 4 aromatic rings. The molecule has 2 aromatic heterocycles. The summed E-state index contributed by atoms with van der Waals surface area (Å²) in [6.07, 6.45) is 13.2. The molecule has 0 bridgehead atoms. The van der Waals surface area contributed by atoms with E-state index < -0.39 is 0 Å². The summed E-state index contributed by atoms with van der Waals surface area (Å²) in [6.45, 7) is 4.58. The molecular weight excluding hydrogens is 376 g/mol. The third-order valence-corrected chi connectivity index (χ3v) is 8.28. The summed E-state index contributed by atoms with van der Waals surface area (Å²) in [5, 5.41) is 5.91. The second-order valence-electron chi connectivity index (χ2n) is 8.08. The summed E-state index contributed by atoms with van der Waals surface area (Å²) < 4.78 is 3.01. The van der Waals surface area contributed by atoms with Gasteiger partial charge in [-0.3, -0.25) is 0 Å². The molecule has 0 aliphatic carbocycles. The van der Waals surface area contributed by atoms with E-state index in [4.69, 9.17) is 0 Å².